The van der Waals surface area contributed by atoms with Crippen LogP contribution in [0.3, 0.4) is 0 Å². The Kier molecular flexibility index (Phi) is 5.96. The zero-order valence-electron chi connectivity index (χ0n) is 14.1. The second-order valence-corrected chi connectivity index (χ2v) is 6.77. The molecule has 0 saturated carbocycles. The Bertz CT molecular complexity index is 913. The molecule has 0 aliphatic carbocycles. The van der Waals surface area contributed by atoms with Gasteiger partial charge in [-0.05, 0) is 41.5 Å². The minimum atomic E-state index is -0.721. The fraction of sp³-hybridized carbons (Fsp3) is 0.200. The number of nitrogens with zero attached hydrogens (tertiary/aromatic N) is 1. The van der Waals surface area contributed by atoms with E-state index >= 15 is 0 Å². The van der Waals surface area contributed by atoms with Crippen molar-refractivity contribution >= 4 is 40.1 Å². The van der Waals surface area contributed by atoms with Crippen LogP contribution in [0.4, 0.5) is 0 Å². The molecule has 0 spiro atoms. The van der Waals surface area contributed by atoms with Crippen molar-refractivity contribution in [1.82, 2.24) is 4.98 Å². The number of benzene rings is 2. The van der Waals surface area contributed by atoms with Gasteiger partial charge in [0.25, 0.3) is 0 Å². The summed E-state index contributed by atoms with van der Waals surface area (Å²) in [4.78, 5) is 15.9. The van der Waals surface area contributed by atoms with Crippen molar-refractivity contribution < 1.29 is 14.3 Å². The maximum atomic E-state index is 11.4. The molecular formula is C20H17Cl2NO3. The summed E-state index contributed by atoms with van der Waals surface area (Å²) < 4.78 is 10.5. The number of aromatic nitrogens is 1. The first-order valence-corrected chi connectivity index (χ1v) is 8.84. The van der Waals surface area contributed by atoms with Crippen LogP contribution in [-0.2, 0) is 22.6 Å². The number of ether oxygens (including phenoxy) is 2. The number of rotatable bonds is 6. The first-order valence-electron chi connectivity index (χ1n) is 8.03. The highest BCUT2D eigenvalue weighted by Gasteiger charge is 2.16. The molecule has 0 radical (unpaired) electrons. The molecule has 1 heterocycles. The fourth-order valence-electron chi connectivity index (χ4n) is 2.51. The van der Waals surface area contributed by atoms with Crippen LogP contribution in [0.1, 0.15) is 11.1 Å². The van der Waals surface area contributed by atoms with Gasteiger partial charge in [0.15, 0.2) is 0 Å². The second-order valence-electron chi connectivity index (χ2n) is 5.81. The molecule has 26 heavy (non-hydrogen) atoms. The largest absolute Gasteiger partial charge is 0.489 e. The molecule has 0 amide bonds. The van der Waals surface area contributed by atoms with Gasteiger partial charge in [-0.1, -0.05) is 23.7 Å². The summed E-state index contributed by atoms with van der Waals surface area (Å²) >= 11 is 11.9. The molecule has 0 aliphatic rings. The first-order chi connectivity index (χ1) is 12.5. The zero-order valence-corrected chi connectivity index (χ0v) is 15.6. The van der Waals surface area contributed by atoms with Gasteiger partial charge in [-0.25, -0.2) is 0 Å². The molecular weight excluding hydrogens is 373 g/mol. The Hall–Kier alpha value is -2.30. The van der Waals surface area contributed by atoms with Gasteiger partial charge in [-0.2, -0.15) is 0 Å². The summed E-state index contributed by atoms with van der Waals surface area (Å²) in [5, 5.41) is 0.933. The van der Waals surface area contributed by atoms with Crippen LogP contribution in [0.15, 0.2) is 54.7 Å². The van der Waals surface area contributed by atoms with E-state index in [1.807, 2.05) is 48.5 Å². The highest BCUT2D eigenvalue weighted by Crippen LogP contribution is 2.22. The van der Waals surface area contributed by atoms with Crippen LogP contribution in [0.25, 0.3) is 10.9 Å². The van der Waals surface area contributed by atoms with Crippen molar-refractivity contribution in [2.45, 2.75) is 18.4 Å². The van der Waals surface area contributed by atoms with Crippen molar-refractivity contribution in [1.29, 1.82) is 0 Å². The molecule has 0 bridgehead atoms. The number of halogens is 2. The monoisotopic (exact) mass is 389 g/mol. The lowest BCUT2D eigenvalue weighted by Crippen LogP contribution is -2.18. The number of esters is 1. The highest BCUT2D eigenvalue weighted by atomic mass is 35.5. The Morgan fingerprint density at radius 3 is 2.62 bits per heavy atom. The van der Waals surface area contributed by atoms with E-state index in [1.54, 1.807) is 6.20 Å². The van der Waals surface area contributed by atoms with Crippen LogP contribution >= 0.6 is 23.2 Å². The lowest BCUT2D eigenvalue weighted by molar-refractivity contribution is -0.140. The quantitative estimate of drug-likeness (QED) is 0.449. The standard InChI is InChI=1S/C20H17Cl2NO3/c1-25-20(24)18(22)9-14-8-15-4-7-17(10-19(15)23-11-14)26-12-13-2-5-16(21)6-3-13/h2-8,10-11,18H,9,12H2,1H3. The molecule has 0 N–H and O–H groups in total. The van der Waals surface area contributed by atoms with Gasteiger partial charge >= 0.3 is 5.97 Å². The molecule has 1 atom stereocenters. The average molecular weight is 390 g/mol. The Labute approximate surface area is 161 Å². The van der Waals surface area contributed by atoms with Gasteiger partial charge in [-0.15, -0.1) is 11.6 Å². The minimum absolute atomic E-state index is 0.367. The normalized spacial score (nSPS) is 12.0. The van der Waals surface area contributed by atoms with E-state index < -0.39 is 11.3 Å². The maximum absolute atomic E-state index is 11.4. The van der Waals surface area contributed by atoms with Gasteiger partial charge < -0.3 is 9.47 Å². The minimum Gasteiger partial charge on any atom is -0.489 e. The SMILES string of the molecule is COC(=O)C(Cl)Cc1cnc2cc(OCc3ccc(Cl)cc3)ccc2c1. The van der Waals surface area contributed by atoms with Gasteiger partial charge in [-0.3, -0.25) is 9.78 Å². The van der Waals surface area contributed by atoms with Crippen LogP contribution in [0, 0.1) is 0 Å². The van der Waals surface area contributed by atoms with Gasteiger partial charge in [0.1, 0.15) is 17.7 Å². The molecule has 4 nitrogen and oxygen atoms in total. The fourth-order valence-corrected chi connectivity index (χ4v) is 2.91. The van der Waals surface area contributed by atoms with Crippen molar-refractivity contribution in [3.8, 4) is 5.75 Å². The topological polar surface area (TPSA) is 48.4 Å². The second kappa shape index (κ2) is 8.39. The number of fused-ring (bicyclic) bond motifs is 1. The first kappa shape index (κ1) is 18.5. The molecule has 0 saturated heterocycles. The van der Waals surface area contributed by atoms with Crippen molar-refractivity contribution in [3.63, 3.8) is 0 Å². The average Bonchev–Trinajstić information content (AvgIpc) is 2.66. The summed E-state index contributed by atoms with van der Waals surface area (Å²) in [5.74, 6) is 0.287. The number of carbonyl (C=O) groups excluding carboxylic acids is 1. The molecule has 3 aromatic rings. The lowest BCUT2D eigenvalue weighted by Gasteiger charge is -2.09. The number of pyridine rings is 1. The van der Waals surface area contributed by atoms with E-state index in [4.69, 9.17) is 27.9 Å². The van der Waals surface area contributed by atoms with Crippen molar-refractivity contribution in [2.24, 2.45) is 0 Å². The predicted octanol–water partition coefficient (Wildman–Crippen LogP) is 4.79. The van der Waals surface area contributed by atoms with E-state index in [-0.39, 0.29) is 0 Å². The van der Waals surface area contributed by atoms with E-state index in [9.17, 15) is 4.79 Å². The van der Waals surface area contributed by atoms with Gasteiger partial charge in [0.2, 0.25) is 0 Å². The molecule has 134 valence electrons. The third kappa shape index (κ3) is 4.65. The summed E-state index contributed by atoms with van der Waals surface area (Å²) in [6.45, 7) is 0.452. The van der Waals surface area contributed by atoms with E-state index in [0.29, 0.717) is 18.1 Å². The maximum Gasteiger partial charge on any atom is 0.324 e. The van der Waals surface area contributed by atoms with Gasteiger partial charge in [0, 0.05) is 29.1 Å². The van der Waals surface area contributed by atoms with Crippen LogP contribution in [0.2, 0.25) is 5.02 Å². The van der Waals surface area contributed by atoms with Gasteiger partial charge in [0.05, 0.1) is 12.6 Å². The molecule has 2 aromatic carbocycles. The van der Waals surface area contributed by atoms with E-state index in [0.717, 1.165) is 27.8 Å². The third-order valence-electron chi connectivity index (χ3n) is 3.90. The molecule has 1 aromatic heterocycles. The summed E-state index contributed by atoms with van der Waals surface area (Å²) in [5.41, 5.74) is 2.72. The number of alkyl halides is 1. The Morgan fingerprint density at radius 2 is 1.88 bits per heavy atom. The zero-order chi connectivity index (χ0) is 18.5. The molecule has 1 unspecified atom stereocenters. The third-order valence-corrected chi connectivity index (χ3v) is 4.49. The Morgan fingerprint density at radius 1 is 1.12 bits per heavy atom. The molecule has 3 rings (SSSR count). The number of hydrogen-bond donors (Lipinski definition) is 0. The van der Waals surface area contributed by atoms with Crippen LogP contribution in [0.5, 0.6) is 5.75 Å². The van der Waals surface area contributed by atoms with E-state index in [1.165, 1.54) is 7.11 Å². The Balaban J connectivity index is 1.70. The van der Waals surface area contributed by atoms with Crippen molar-refractivity contribution in [3.05, 3.63) is 70.9 Å². The molecule has 0 fully saturated rings. The summed E-state index contributed by atoms with van der Waals surface area (Å²) in [7, 11) is 1.32. The summed E-state index contributed by atoms with van der Waals surface area (Å²) in [6, 6.07) is 15.2. The predicted molar refractivity (Wildman–Crippen MR) is 103 cm³/mol. The van der Waals surface area contributed by atoms with E-state index in [2.05, 4.69) is 9.72 Å². The van der Waals surface area contributed by atoms with Crippen LogP contribution in [-0.4, -0.2) is 23.4 Å². The number of hydrogen-bond acceptors (Lipinski definition) is 4. The molecule has 0 aliphatic heterocycles. The number of carbonyl (C=O) groups is 1. The highest BCUT2D eigenvalue weighted by molar-refractivity contribution is 6.30. The van der Waals surface area contributed by atoms with Crippen molar-refractivity contribution in [2.75, 3.05) is 7.11 Å². The smallest absolute Gasteiger partial charge is 0.324 e. The molecule has 6 heteroatoms. The lowest BCUT2D eigenvalue weighted by atomic mass is 10.1. The summed E-state index contributed by atoms with van der Waals surface area (Å²) in [6.07, 6.45) is 2.08. The number of methoxy groups -OCH3 is 1. The van der Waals surface area contributed by atoms with Crippen LogP contribution < -0.4 is 4.74 Å².